The number of methoxy groups -OCH3 is 1. The van der Waals surface area contributed by atoms with Crippen LogP contribution < -0.4 is 14.5 Å². The molecule has 5 rings (SSSR count). The maximum Gasteiger partial charge on any atom is 0.257 e. The number of rotatable bonds is 3. The first-order valence-electron chi connectivity index (χ1n) is 9.42. The molecule has 2 aliphatic heterocycles. The molecule has 0 saturated carbocycles. The Hall–Kier alpha value is -2.96. The number of benzene rings is 1. The highest BCUT2D eigenvalue weighted by Gasteiger charge is 2.40. The van der Waals surface area contributed by atoms with E-state index in [1.165, 1.54) is 6.42 Å². The van der Waals surface area contributed by atoms with E-state index in [9.17, 15) is 0 Å². The molecule has 2 aliphatic rings. The Morgan fingerprint density at radius 2 is 1.81 bits per heavy atom. The number of aromatic nitrogens is 4. The maximum atomic E-state index is 5.42. The normalized spacial score (nSPS) is 22.1. The van der Waals surface area contributed by atoms with Crippen LogP contribution in [0.25, 0.3) is 11.0 Å². The monoisotopic (exact) mass is 362 g/mol. The lowest BCUT2D eigenvalue weighted by Gasteiger charge is -2.39. The molecule has 2 fully saturated rings. The quantitative estimate of drug-likeness (QED) is 0.709. The molecular formula is C20H22N6O. The Bertz CT molecular complexity index is 964. The van der Waals surface area contributed by atoms with Crippen molar-refractivity contribution in [3.05, 3.63) is 42.9 Å². The molecule has 2 unspecified atom stereocenters. The lowest BCUT2D eigenvalue weighted by atomic mass is 9.92. The van der Waals surface area contributed by atoms with Gasteiger partial charge in [0.1, 0.15) is 5.82 Å². The zero-order chi connectivity index (χ0) is 18.2. The van der Waals surface area contributed by atoms with Crippen LogP contribution in [0.1, 0.15) is 12.8 Å². The molecule has 0 N–H and O–H groups in total. The molecule has 1 aromatic carbocycles. The summed E-state index contributed by atoms with van der Waals surface area (Å²) in [6.45, 7) is 2.90. The minimum atomic E-state index is 0.404. The van der Waals surface area contributed by atoms with Gasteiger partial charge in [0.15, 0.2) is 5.82 Å². The van der Waals surface area contributed by atoms with E-state index < -0.39 is 0 Å². The summed E-state index contributed by atoms with van der Waals surface area (Å²) in [5.41, 5.74) is 1.88. The molecule has 2 aromatic heterocycles. The van der Waals surface area contributed by atoms with Crippen LogP contribution >= 0.6 is 0 Å². The summed E-state index contributed by atoms with van der Waals surface area (Å²) in [5.74, 6) is 3.06. The summed E-state index contributed by atoms with van der Waals surface area (Å²) in [6.07, 6.45) is 7.64. The molecule has 4 heterocycles. The molecular weight excluding hydrogens is 340 g/mol. The first-order chi connectivity index (χ1) is 13.3. The summed E-state index contributed by atoms with van der Waals surface area (Å²) in [7, 11) is 1.65. The fraction of sp³-hybridized carbons (Fsp3) is 0.400. The Kier molecular flexibility index (Phi) is 3.99. The Morgan fingerprint density at radius 1 is 1.00 bits per heavy atom. The van der Waals surface area contributed by atoms with Gasteiger partial charge in [-0.25, -0.2) is 15.0 Å². The van der Waals surface area contributed by atoms with E-state index in [4.69, 9.17) is 9.72 Å². The molecule has 138 valence electrons. The highest BCUT2D eigenvalue weighted by molar-refractivity contribution is 5.75. The van der Waals surface area contributed by atoms with Gasteiger partial charge in [0, 0.05) is 32.0 Å². The van der Waals surface area contributed by atoms with Crippen LogP contribution in [0, 0.1) is 5.92 Å². The fourth-order valence-electron chi connectivity index (χ4n) is 4.38. The van der Waals surface area contributed by atoms with E-state index in [0.717, 1.165) is 48.7 Å². The van der Waals surface area contributed by atoms with Gasteiger partial charge in [-0.1, -0.05) is 12.1 Å². The van der Waals surface area contributed by atoms with Crippen LogP contribution in [0.5, 0.6) is 5.88 Å². The van der Waals surface area contributed by atoms with Gasteiger partial charge in [0.25, 0.3) is 5.88 Å². The Morgan fingerprint density at radius 3 is 2.70 bits per heavy atom. The standard InChI is InChI=1S/C20H22N6O/c1-27-20-19(21-8-9-22-20)25-10-6-14-7-11-26(17(14)13-25)18-12-23-15-4-2-3-5-16(15)24-18/h2-5,8-9,12,14,17H,6-7,10-11,13H2,1H3. The predicted molar refractivity (Wildman–Crippen MR) is 104 cm³/mol. The van der Waals surface area contributed by atoms with E-state index >= 15 is 0 Å². The molecule has 2 atom stereocenters. The van der Waals surface area contributed by atoms with E-state index in [1.54, 1.807) is 19.5 Å². The molecule has 0 aliphatic carbocycles. The number of anilines is 2. The van der Waals surface area contributed by atoms with Crippen molar-refractivity contribution in [2.75, 3.05) is 36.5 Å². The van der Waals surface area contributed by atoms with E-state index in [-0.39, 0.29) is 0 Å². The van der Waals surface area contributed by atoms with Gasteiger partial charge in [-0.05, 0) is 30.9 Å². The molecule has 0 radical (unpaired) electrons. The third kappa shape index (κ3) is 2.83. The van der Waals surface area contributed by atoms with Crippen LogP contribution in [0.4, 0.5) is 11.6 Å². The number of fused-ring (bicyclic) bond motifs is 2. The lowest BCUT2D eigenvalue weighted by molar-refractivity contribution is 0.371. The number of ether oxygens (including phenoxy) is 1. The molecule has 0 bridgehead atoms. The molecule has 7 heteroatoms. The van der Waals surface area contributed by atoms with Crippen LogP contribution in [0.3, 0.4) is 0 Å². The van der Waals surface area contributed by atoms with Gasteiger partial charge in [-0.2, -0.15) is 0 Å². The second-order valence-electron chi connectivity index (χ2n) is 7.15. The Balaban J connectivity index is 1.44. The minimum Gasteiger partial charge on any atom is -0.478 e. The van der Waals surface area contributed by atoms with Crippen molar-refractivity contribution in [3.8, 4) is 5.88 Å². The van der Waals surface area contributed by atoms with Gasteiger partial charge in [0.2, 0.25) is 0 Å². The molecule has 3 aromatic rings. The number of hydrogen-bond acceptors (Lipinski definition) is 7. The van der Waals surface area contributed by atoms with Crippen LogP contribution in [-0.2, 0) is 0 Å². The van der Waals surface area contributed by atoms with Crippen molar-refractivity contribution in [1.29, 1.82) is 0 Å². The first-order valence-corrected chi connectivity index (χ1v) is 9.42. The van der Waals surface area contributed by atoms with Crippen LogP contribution in [0.2, 0.25) is 0 Å². The fourth-order valence-corrected chi connectivity index (χ4v) is 4.38. The topological polar surface area (TPSA) is 67.3 Å². The third-order valence-electron chi connectivity index (χ3n) is 5.73. The van der Waals surface area contributed by atoms with Gasteiger partial charge < -0.3 is 14.5 Å². The second-order valence-corrected chi connectivity index (χ2v) is 7.15. The van der Waals surface area contributed by atoms with Gasteiger partial charge in [-0.3, -0.25) is 4.98 Å². The van der Waals surface area contributed by atoms with Crippen molar-refractivity contribution in [1.82, 2.24) is 19.9 Å². The summed E-state index contributed by atoms with van der Waals surface area (Å²) in [5, 5.41) is 0. The lowest BCUT2D eigenvalue weighted by Crippen LogP contribution is -2.49. The summed E-state index contributed by atoms with van der Waals surface area (Å²) < 4.78 is 5.42. The van der Waals surface area contributed by atoms with Crippen molar-refractivity contribution >= 4 is 22.7 Å². The van der Waals surface area contributed by atoms with E-state index in [0.29, 0.717) is 17.8 Å². The minimum absolute atomic E-state index is 0.404. The Labute approximate surface area is 158 Å². The summed E-state index contributed by atoms with van der Waals surface area (Å²) in [6, 6.07) is 8.44. The number of para-hydroxylation sites is 2. The predicted octanol–water partition coefficient (Wildman–Crippen LogP) is 2.53. The summed E-state index contributed by atoms with van der Waals surface area (Å²) in [4.78, 5) is 23.0. The zero-order valence-electron chi connectivity index (χ0n) is 15.3. The second kappa shape index (κ2) is 6.64. The third-order valence-corrected chi connectivity index (χ3v) is 5.73. The number of hydrogen-bond donors (Lipinski definition) is 0. The van der Waals surface area contributed by atoms with Crippen LogP contribution in [-0.4, -0.2) is 52.7 Å². The summed E-state index contributed by atoms with van der Waals surface area (Å²) >= 11 is 0. The average Bonchev–Trinajstić information content (AvgIpc) is 3.16. The maximum absolute atomic E-state index is 5.42. The average molecular weight is 362 g/mol. The zero-order valence-corrected chi connectivity index (χ0v) is 15.3. The van der Waals surface area contributed by atoms with Crippen molar-refractivity contribution in [2.45, 2.75) is 18.9 Å². The first kappa shape index (κ1) is 16.2. The molecule has 27 heavy (non-hydrogen) atoms. The smallest absolute Gasteiger partial charge is 0.257 e. The highest BCUT2D eigenvalue weighted by atomic mass is 16.5. The van der Waals surface area contributed by atoms with E-state index in [1.807, 2.05) is 30.5 Å². The molecule has 7 nitrogen and oxygen atoms in total. The van der Waals surface area contributed by atoms with Crippen LogP contribution in [0.15, 0.2) is 42.9 Å². The SMILES string of the molecule is COc1nccnc1N1CCC2CCN(c3cnc4ccccc4n3)C2C1. The highest BCUT2D eigenvalue weighted by Crippen LogP contribution is 2.37. The van der Waals surface area contributed by atoms with E-state index in [2.05, 4.69) is 24.8 Å². The number of nitrogens with zero attached hydrogens (tertiary/aromatic N) is 6. The largest absolute Gasteiger partial charge is 0.478 e. The van der Waals surface area contributed by atoms with Gasteiger partial charge in [-0.15, -0.1) is 0 Å². The molecule has 0 amide bonds. The van der Waals surface area contributed by atoms with Gasteiger partial charge in [0.05, 0.1) is 30.4 Å². The van der Waals surface area contributed by atoms with Gasteiger partial charge >= 0.3 is 0 Å². The molecule has 2 saturated heterocycles. The van der Waals surface area contributed by atoms with Crippen molar-refractivity contribution in [3.63, 3.8) is 0 Å². The van der Waals surface area contributed by atoms with Crippen molar-refractivity contribution in [2.24, 2.45) is 5.92 Å². The number of piperidine rings is 1. The molecule has 0 spiro atoms. The van der Waals surface area contributed by atoms with Crippen molar-refractivity contribution < 1.29 is 4.74 Å².